The summed E-state index contributed by atoms with van der Waals surface area (Å²) in [6, 6.07) is 1.18. The predicted molar refractivity (Wildman–Crippen MR) is 65.5 cm³/mol. The zero-order valence-electron chi connectivity index (χ0n) is 10.3. The van der Waals surface area contributed by atoms with Crippen LogP contribution in [0.1, 0.15) is 33.1 Å². The standard InChI is InChI=1S/C12H22O3Si/c1-4-11(13-8-10(2)3)9-14-12-6-5-7-16-15-12/h11-12H,2,4-9H2,1,3H3. The number of hydrogen-bond donors (Lipinski definition) is 0. The molecule has 0 aliphatic carbocycles. The average Bonchev–Trinajstić information content (AvgIpc) is 2.30. The minimum atomic E-state index is -0.00504. The molecule has 2 atom stereocenters. The van der Waals surface area contributed by atoms with Crippen molar-refractivity contribution in [3.8, 4) is 0 Å². The summed E-state index contributed by atoms with van der Waals surface area (Å²) >= 11 is 0. The molecule has 1 fully saturated rings. The van der Waals surface area contributed by atoms with Crippen LogP contribution in [0.2, 0.25) is 6.04 Å². The van der Waals surface area contributed by atoms with Gasteiger partial charge in [-0.2, -0.15) is 0 Å². The second kappa shape index (κ2) is 8.01. The Morgan fingerprint density at radius 3 is 3.00 bits per heavy atom. The normalized spacial score (nSPS) is 23.0. The molecular formula is C12H22O3Si. The highest BCUT2D eigenvalue weighted by Crippen LogP contribution is 2.14. The second-order valence-corrected chi connectivity index (χ2v) is 5.24. The number of rotatable bonds is 7. The molecule has 0 N–H and O–H groups in total. The maximum absolute atomic E-state index is 5.70. The Morgan fingerprint density at radius 1 is 1.62 bits per heavy atom. The van der Waals surface area contributed by atoms with Crippen LogP contribution < -0.4 is 0 Å². The van der Waals surface area contributed by atoms with Crippen LogP contribution in [0.3, 0.4) is 0 Å². The van der Waals surface area contributed by atoms with E-state index in [-0.39, 0.29) is 12.4 Å². The van der Waals surface area contributed by atoms with Crippen LogP contribution >= 0.6 is 0 Å². The van der Waals surface area contributed by atoms with Gasteiger partial charge in [0.15, 0.2) is 0 Å². The molecule has 0 aromatic rings. The van der Waals surface area contributed by atoms with E-state index < -0.39 is 0 Å². The van der Waals surface area contributed by atoms with Crippen molar-refractivity contribution in [2.75, 3.05) is 13.2 Å². The smallest absolute Gasteiger partial charge is 0.233 e. The summed E-state index contributed by atoms with van der Waals surface area (Å²) in [5.41, 5.74) is 1.05. The summed E-state index contributed by atoms with van der Waals surface area (Å²) < 4.78 is 16.9. The molecule has 1 aliphatic heterocycles. The highest BCUT2D eigenvalue weighted by atomic mass is 28.2. The van der Waals surface area contributed by atoms with E-state index in [0.717, 1.165) is 18.4 Å². The van der Waals surface area contributed by atoms with Gasteiger partial charge in [0.2, 0.25) is 9.76 Å². The van der Waals surface area contributed by atoms with Crippen LogP contribution in [0, 0.1) is 0 Å². The Morgan fingerprint density at radius 2 is 2.44 bits per heavy atom. The van der Waals surface area contributed by atoms with E-state index in [9.17, 15) is 0 Å². The van der Waals surface area contributed by atoms with Crippen LogP contribution in [-0.4, -0.2) is 35.4 Å². The SMILES string of the molecule is C=C(C)COC(CC)COC1CCC[Si]O1. The van der Waals surface area contributed by atoms with Gasteiger partial charge in [-0.1, -0.05) is 19.1 Å². The van der Waals surface area contributed by atoms with E-state index in [0.29, 0.717) is 23.0 Å². The van der Waals surface area contributed by atoms with E-state index in [2.05, 4.69) is 13.5 Å². The molecule has 2 unspecified atom stereocenters. The van der Waals surface area contributed by atoms with Gasteiger partial charge in [-0.3, -0.25) is 0 Å². The lowest BCUT2D eigenvalue weighted by Gasteiger charge is -2.24. The van der Waals surface area contributed by atoms with E-state index in [1.165, 1.54) is 12.5 Å². The monoisotopic (exact) mass is 242 g/mol. The fourth-order valence-electron chi connectivity index (χ4n) is 1.43. The summed E-state index contributed by atoms with van der Waals surface area (Å²) in [4.78, 5) is 0. The van der Waals surface area contributed by atoms with Crippen molar-refractivity contribution in [2.45, 2.75) is 51.5 Å². The lowest BCUT2D eigenvalue weighted by Crippen LogP contribution is -2.29. The molecule has 0 saturated carbocycles. The maximum Gasteiger partial charge on any atom is 0.233 e. The molecule has 1 aliphatic rings. The summed E-state index contributed by atoms with van der Waals surface area (Å²) in [6.07, 6.45) is 3.35. The van der Waals surface area contributed by atoms with E-state index in [1.807, 2.05) is 6.92 Å². The Labute approximate surface area is 101 Å². The summed E-state index contributed by atoms with van der Waals surface area (Å²) in [5.74, 6) is 0. The minimum absolute atomic E-state index is 0.00504. The first-order chi connectivity index (χ1) is 7.72. The predicted octanol–water partition coefficient (Wildman–Crippen LogP) is 2.55. The Hall–Kier alpha value is -0.163. The molecule has 16 heavy (non-hydrogen) atoms. The molecule has 1 heterocycles. The van der Waals surface area contributed by atoms with Crippen LogP contribution in [0.5, 0.6) is 0 Å². The molecule has 92 valence electrons. The lowest BCUT2D eigenvalue weighted by atomic mass is 10.3. The Balaban J connectivity index is 2.14. The Kier molecular flexibility index (Phi) is 6.95. The zero-order valence-corrected chi connectivity index (χ0v) is 11.3. The van der Waals surface area contributed by atoms with Crippen molar-refractivity contribution in [3.05, 3.63) is 12.2 Å². The first-order valence-corrected chi connectivity index (χ1v) is 7.10. The van der Waals surface area contributed by atoms with Gasteiger partial charge in [-0.05, 0) is 32.2 Å². The van der Waals surface area contributed by atoms with Gasteiger partial charge in [-0.25, -0.2) is 0 Å². The molecule has 0 amide bonds. The van der Waals surface area contributed by atoms with E-state index >= 15 is 0 Å². The van der Waals surface area contributed by atoms with Gasteiger partial charge in [0.1, 0.15) is 6.29 Å². The minimum Gasteiger partial charge on any atom is -0.393 e. The summed E-state index contributed by atoms with van der Waals surface area (Å²) in [5, 5.41) is 0. The van der Waals surface area contributed by atoms with Crippen molar-refractivity contribution in [3.63, 3.8) is 0 Å². The molecule has 0 aromatic heterocycles. The molecule has 1 rings (SSSR count). The molecule has 4 heteroatoms. The van der Waals surface area contributed by atoms with Crippen LogP contribution in [0.25, 0.3) is 0 Å². The molecule has 1 saturated heterocycles. The third-order valence-corrected chi connectivity index (χ3v) is 3.41. The molecular weight excluding hydrogens is 220 g/mol. The Bertz CT molecular complexity index is 202. The van der Waals surface area contributed by atoms with Crippen molar-refractivity contribution >= 4 is 9.76 Å². The van der Waals surface area contributed by atoms with Crippen LogP contribution in [0.15, 0.2) is 12.2 Å². The highest BCUT2D eigenvalue weighted by Gasteiger charge is 2.17. The number of ether oxygens (including phenoxy) is 2. The average molecular weight is 242 g/mol. The van der Waals surface area contributed by atoms with Crippen molar-refractivity contribution < 1.29 is 13.9 Å². The lowest BCUT2D eigenvalue weighted by molar-refractivity contribution is -0.123. The zero-order chi connectivity index (χ0) is 11.8. The third kappa shape index (κ3) is 5.79. The fraction of sp³-hybridized carbons (Fsp3) is 0.833. The largest absolute Gasteiger partial charge is 0.393 e. The molecule has 3 nitrogen and oxygen atoms in total. The van der Waals surface area contributed by atoms with Crippen molar-refractivity contribution in [1.82, 2.24) is 0 Å². The maximum atomic E-state index is 5.70. The first kappa shape index (κ1) is 13.9. The first-order valence-electron chi connectivity index (χ1n) is 5.98. The van der Waals surface area contributed by atoms with Gasteiger partial charge < -0.3 is 13.9 Å². The second-order valence-electron chi connectivity index (χ2n) is 4.22. The van der Waals surface area contributed by atoms with E-state index in [1.54, 1.807) is 0 Å². The van der Waals surface area contributed by atoms with Crippen molar-refractivity contribution in [2.24, 2.45) is 0 Å². The van der Waals surface area contributed by atoms with Crippen LogP contribution in [0.4, 0.5) is 0 Å². The molecule has 0 aromatic carbocycles. The van der Waals surface area contributed by atoms with Gasteiger partial charge in [-0.15, -0.1) is 0 Å². The highest BCUT2D eigenvalue weighted by molar-refractivity contribution is 6.27. The van der Waals surface area contributed by atoms with Crippen LogP contribution in [-0.2, 0) is 13.9 Å². The van der Waals surface area contributed by atoms with Gasteiger partial charge in [0.25, 0.3) is 0 Å². The van der Waals surface area contributed by atoms with E-state index in [4.69, 9.17) is 13.9 Å². The van der Waals surface area contributed by atoms with Gasteiger partial charge >= 0.3 is 0 Å². The van der Waals surface area contributed by atoms with Gasteiger partial charge in [0.05, 0.1) is 19.3 Å². The topological polar surface area (TPSA) is 27.7 Å². The third-order valence-electron chi connectivity index (χ3n) is 2.42. The summed E-state index contributed by atoms with van der Waals surface area (Å²) in [6.45, 7) is 9.14. The fourth-order valence-corrected chi connectivity index (χ4v) is 2.27. The summed E-state index contributed by atoms with van der Waals surface area (Å²) in [7, 11) is 0.603. The number of hydrogen-bond acceptors (Lipinski definition) is 3. The molecule has 2 radical (unpaired) electrons. The van der Waals surface area contributed by atoms with Gasteiger partial charge in [0, 0.05) is 0 Å². The van der Waals surface area contributed by atoms with Crippen molar-refractivity contribution in [1.29, 1.82) is 0 Å². The molecule has 0 spiro atoms. The molecule has 0 bridgehead atoms. The quantitative estimate of drug-likeness (QED) is 0.507.